The molecule has 2 fully saturated rings. The number of ether oxygens (including phenoxy) is 1. The van der Waals surface area contributed by atoms with Crippen LogP contribution in [-0.4, -0.2) is 79.1 Å². The smallest absolute Gasteiger partial charge is 0.253 e. The van der Waals surface area contributed by atoms with Gasteiger partial charge in [-0.3, -0.25) is 14.4 Å². The number of anilines is 1. The van der Waals surface area contributed by atoms with E-state index >= 15 is 0 Å². The molecule has 2 heterocycles. The van der Waals surface area contributed by atoms with Crippen molar-refractivity contribution < 1.29 is 23.5 Å². The van der Waals surface area contributed by atoms with Crippen LogP contribution in [0.1, 0.15) is 36.5 Å². The van der Waals surface area contributed by atoms with E-state index in [9.17, 15) is 18.8 Å². The van der Waals surface area contributed by atoms with Gasteiger partial charge >= 0.3 is 0 Å². The molecule has 2 aromatic carbocycles. The van der Waals surface area contributed by atoms with Gasteiger partial charge in [-0.2, -0.15) is 0 Å². The molecule has 2 saturated heterocycles. The number of carbonyl (C=O) groups excluding carboxylic acids is 3. The minimum absolute atomic E-state index is 0.0171. The summed E-state index contributed by atoms with van der Waals surface area (Å²) in [6.45, 7) is 4.71. The van der Waals surface area contributed by atoms with Crippen LogP contribution in [-0.2, 0) is 14.3 Å². The van der Waals surface area contributed by atoms with Crippen LogP contribution in [0.3, 0.4) is 0 Å². The van der Waals surface area contributed by atoms with Crippen LogP contribution in [0, 0.1) is 5.82 Å². The minimum Gasteiger partial charge on any atom is -0.382 e. The van der Waals surface area contributed by atoms with Crippen molar-refractivity contribution in [1.29, 1.82) is 0 Å². The van der Waals surface area contributed by atoms with E-state index in [0.717, 1.165) is 5.69 Å². The first-order chi connectivity index (χ1) is 17.4. The summed E-state index contributed by atoms with van der Waals surface area (Å²) in [5.74, 6) is -0.860. The van der Waals surface area contributed by atoms with Crippen LogP contribution in [0.5, 0.6) is 0 Å². The van der Waals surface area contributed by atoms with Gasteiger partial charge in [-0.15, -0.1) is 0 Å². The lowest BCUT2D eigenvalue weighted by atomic mass is 9.85. The lowest BCUT2D eigenvalue weighted by molar-refractivity contribution is -0.137. The van der Waals surface area contributed by atoms with Gasteiger partial charge in [-0.1, -0.05) is 18.2 Å². The van der Waals surface area contributed by atoms with E-state index in [2.05, 4.69) is 10.2 Å². The summed E-state index contributed by atoms with van der Waals surface area (Å²) in [5.41, 5.74) is 0.507. The van der Waals surface area contributed by atoms with Crippen LogP contribution in [0.2, 0.25) is 0 Å². The highest BCUT2D eigenvalue weighted by molar-refractivity contribution is 5.97. The van der Waals surface area contributed by atoms with Gasteiger partial charge in [0.1, 0.15) is 17.9 Å². The Bertz CT molecular complexity index is 1060. The number of nitrogens with zero attached hydrogens (tertiary/aromatic N) is 3. The van der Waals surface area contributed by atoms with Crippen molar-refractivity contribution in [3.63, 3.8) is 0 Å². The van der Waals surface area contributed by atoms with Crippen molar-refractivity contribution in [2.24, 2.45) is 0 Å². The van der Waals surface area contributed by atoms with Crippen LogP contribution in [0.4, 0.5) is 10.1 Å². The number of nitrogens with one attached hydrogen (secondary N) is 1. The Morgan fingerprint density at radius 2 is 1.75 bits per heavy atom. The lowest BCUT2D eigenvalue weighted by Crippen LogP contribution is -2.57. The second-order valence-electron chi connectivity index (χ2n) is 9.14. The van der Waals surface area contributed by atoms with E-state index in [4.69, 9.17) is 4.74 Å². The number of hydrogen-bond acceptors (Lipinski definition) is 5. The Labute approximate surface area is 211 Å². The van der Waals surface area contributed by atoms with Crippen molar-refractivity contribution in [3.8, 4) is 0 Å². The zero-order valence-electron chi connectivity index (χ0n) is 20.6. The predicted molar refractivity (Wildman–Crippen MR) is 134 cm³/mol. The van der Waals surface area contributed by atoms with Crippen LogP contribution in [0.25, 0.3) is 0 Å². The molecule has 0 aliphatic carbocycles. The average molecular weight is 497 g/mol. The zero-order chi connectivity index (χ0) is 25.5. The molecule has 0 saturated carbocycles. The van der Waals surface area contributed by atoms with Crippen molar-refractivity contribution in [3.05, 3.63) is 66.0 Å². The Kier molecular flexibility index (Phi) is 8.20. The second kappa shape index (κ2) is 11.5. The molecule has 3 amide bonds. The van der Waals surface area contributed by atoms with Crippen LogP contribution in [0.15, 0.2) is 54.6 Å². The van der Waals surface area contributed by atoms with E-state index in [0.29, 0.717) is 64.3 Å². The summed E-state index contributed by atoms with van der Waals surface area (Å²) in [6.07, 6.45) is 1.60. The molecule has 0 bridgehead atoms. The van der Waals surface area contributed by atoms with Crippen molar-refractivity contribution in [2.75, 3.05) is 51.0 Å². The number of hydrogen-bond donors (Lipinski definition) is 1. The third-order valence-electron chi connectivity index (χ3n) is 6.88. The molecule has 36 heavy (non-hydrogen) atoms. The molecule has 2 aromatic rings. The topological polar surface area (TPSA) is 82.2 Å². The van der Waals surface area contributed by atoms with E-state index in [1.807, 2.05) is 37.3 Å². The highest BCUT2D eigenvalue weighted by Crippen LogP contribution is 2.39. The molecule has 192 valence electrons. The molecular formula is C27H33FN4O4. The summed E-state index contributed by atoms with van der Waals surface area (Å²) in [7, 11) is 0. The van der Waals surface area contributed by atoms with Gasteiger partial charge in [0.05, 0.1) is 6.67 Å². The van der Waals surface area contributed by atoms with Gasteiger partial charge in [0.15, 0.2) is 0 Å². The van der Waals surface area contributed by atoms with E-state index in [-0.39, 0.29) is 24.3 Å². The molecule has 0 aromatic heterocycles. The predicted octanol–water partition coefficient (Wildman–Crippen LogP) is 2.65. The van der Waals surface area contributed by atoms with E-state index in [1.54, 1.807) is 9.80 Å². The third-order valence-corrected chi connectivity index (χ3v) is 6.88. The third kappa shape index (κ3) is 5.51. The number of halogens is 1. The molecule has 8 nitrogen and oxygen atoms in total. The van der Waals surface area contributed by atoms with Gasteiger partial charge in [0.2, 0.25) is 5.91 Å². The number of piperidine rings is 1. The number of amides is 3. The summed E-state index contributed by atoms with van der Waals surface area (Å²) >= 11 is 0. The Hall–Kier alpha value is -3.46. The average Bonchev–Trinajstić information content (AvgIpc) is 3.15. The SMILES string of the molecule is CCOCCCNC(=O)CN1CN(c2ccccc2)C2(CCN(C(=O)c3ccc(F)cc3)CC2)C1=O. The van der Waals surface area contributed by atoms with Crippen molar-refractivity contribution in [1.82, 2.24) is 15.1 Å². The van der Waals surface area contributed by atoms with Crippen LogP contribution >= 0.6 is 0 Å². The summed E-state index contributed by atoms with van der Waals surface area (Å²) in [5, 5.41) is 2.87. The Morgan fingerprint density at radius 3 is 2.42 bits per heavy atom. The van der Waals surface area contributed by atoms with Crippen LogP contribution < -0.4 is 10.2 Å². The molecule has 0 radical (unpaired) electrons. The fourth-order valence-electron chi connectivity index (χ4n) is 4.95. The quantitative estimate of drug-likeness (QED) is 0.540. The van der Waals surface area contributed by atoms with Gasteiger partial charge in [0.25, 0.3) is 11.8 Å². The maximum Gasteiger partial charge on any atom is 0.253 e. The van der Waals surface area contributed by atoms with Gasteiger partial charge in [-0.25, -0.2) is 4.39 Å². The fraction of sp³-hybridized carbons (Fsp3) is 0.444. The number of carbonyl (C=O) groups is 3. The standard InChI is InChI=1S/C27H33FN4O4/c1-2-36-18-6-15-29-24(33)19-31-20-32(23-7-4-3-5-8-23)27(26(31)35)13-16-30(17-14-27)25(34)21-9-11-22(28)12-10-21/h3-5,7-12H,2,6,13-20H2,1H3,(H,29,33). The highest BCUT2D eigenvalue weighted by atomic mass is 19.1. The number of likely N-dealkylation sites (tertiary alicyclic amines) is 1. The molecule has 1 spiro atoms. The maximum atomic E-state index is 13.7. The second-order valence-corrected chi connectivity index (χ2v) is 9.14. The molecular weight excluding hydrogens is 463 g/mol. The molecule has 2 aliphatic rings. The largest absolute Gasteiger partial charge is 0.382 e. The van der Waals surface area contributed by atoms with Gasteiger partial charge < -0.3 is 24.8 Å². The highest BCUT2D eigenvalue weighted by Gasteiger charge is 2.54. The molecule has 4 rings (SSSR count). The molecule has 0 unspecified atom stereocenters. The lowest BCUT2D eigenvalue weighted by Gasteiger charge is -2.43. The van der Waals surface area contributed by atoms with Gasteiger partial charge in [0, 0.05) is 44.1 Å². The molecule has 0 atom stereocenters. The first-order valence-electron chi connectivity index (χ1n) is 12.5. The van der Waals surface area contributed by atoms with Gasteiger partial charge in [-0.05, 0) is 62.6 Å². The first-order valence-corrected chi connectivity index (χ1v) is 12.5. The monoisotopic (exact) mass is 496 g/mol. The normalized spacial score (nSPS) is 17.1. The van der Waals surface area contributed by atoms with E-state index in [1.165, 1.54) is 24.3 Å². The molecule has 9 heteroatoms. The number of para-hydroxylation sites is 1. The van der Waals surface area contributed by atoms with E-state index < -0.39 is 11.4 Å². The van der Waals surface area contributed by atoms with Crippen molar-refractivity contribution in [2.45, 2.75) is 31.7 Å². The van der Waals surface area contributed by atoms with Crippen molar-refractivity contribution >= 4 is 23.4 Å². The molecule has 2 aliphatic heterocycles. The zero-order valence-corrected chi connectivity index (χ0v) is 20.6. The Morgan fingerprint density at radius 1 is 1.06 bits per heavy atom. The fourth-order valence-corrected chi connectivity index (χ4v) is 4.95. The Balaban J connectivity index is 1.45. The summed E-state index contributed by atoms with van der Waals surface area (Å²) in [4.78, 5) is 44.6. The number of rotatable bonds is 9. The first kappa shape index (κ1) is 25.6. The maximum absolute atomic E-state index is 13.7. The number of benzene rings is 2. The summed E-state index contributed by atoms with van der Waals surface area (Å²) < 4.78 is 18.6. The molecule has 1 N–H and O–H groups in total. The summed E-state index contributed by atoms with van der Waals surface area (Å²) in [6, 6.07) is 15.2. The minimum atomic E-state index is -0.823.